The fourth-order valence-electron chi connectivity index (χ4n) is 1.87. The lowest BCUT2D eigenvalue weighted by atomic mass is 10.3. The first kappa shape index (κ1) is 16.6. The van der Waals surface area contributed by atoms with Gasteiger partial charge in [0.2, 0.25) is 0 Å². The topological polar surface area (TPSA) is 71.3 Å². The first-order chi connectivity index (χ1) is 11.5. The van der Waals surface area contributed by atoms with Gasteiger partial charge in [0.1, 0.15) is 0 Å². The Bertz CT molecular complexity index is 891. The number of furan rings is 1. The van der Waals surface area contributed by atoms with Gasteiger partial charge in [-0.3, -0.25) is 9.59 Å². The summed E-state index contributed by atoms with van der Waals surface area (Å²) in [6.07, 6.45) is 1.42. The molecule has 2 amide bonds. The largest absolute Gasteiger partial charge is 0.459 e. The maximum Gasteiger partial charge on any atom is 0.291 e. The molecule has 3 aromatic rings. The molecule has 0 fully saturated rings. The van der Waals surface area contributed by atoms with E-state index in [9.17, 15) is 9.59 Å². The van der Waals surface area contributed by atoms with E-state index in [1.54, 1.807) is 42.5 Å². The molecular weight excluding hydrogens is 371 g/mol. The van der Waals surface area contributed by atoms with Gasteiger partial charge in [-0.1, -0.05) is 23.2 Å². The van der Waals surface area contributed by atoms with Crippen molar-refractivity contribution in [2.24, 2.45) is 0 Å². The molecule has 2 N–H and O–H groups in total. The van der Waals surface area contributed by atoms with Crippen LogP contribution in [0.3, 0.4) is 0 Å². The van der Waals surface area contributed by atoms with Gasteiger partial charge < -0.3 is 15.1 Å². The number of carbonyl (C=O) groups excluding carboxylic acids is 2. The maximum absolute atomic E-state index is 12.2. The first-order valence-corrected chi connectivity index (χ1v) is 8.31. The molecule has 5 nitrogen and oxygen atoms in total. The summed E-state index contributed by atoms with van der Waals surface area (Å²) in [5, 5.41) is 6.69. The predicted octanol–water partition coefficient (Wildman–Crippen LogP) is 5.15. The van der Waals surface area contributed by atoms with E-state index in [0.29, 0.717) is 25.6 Å². The van der Waals surface area contributed by atoms with Crippen molar-refractivity contribution >= 4 is 57.0 Å². The van der Waals surface area contributed by atoms with Crippen molar-refractivity contribution in [2.45, 2.75) is 0 Å². The Morgan fingerprint density at radius 1 is 0.958 bits per heavy atom. The number of nitrogens with one attached hydrogen (secondary N) is 2. The van der Waals surface area contributed by atoms with Crippen LogP contribution in [-0.2, 0) is 0 Å². The number of halogens is 2. The Kier molecular flexibility index (Phi) is 4.89. The molecule has 0 unspecified atom stereocenters. The Morgan fingerprint density at radius 2 is 1.79 bits per heavy atom. The molecular formula is C16H10Cl2N2O3S. The fourth-order valence-corrected chi connectivity index (χ4v) is 2.97. The zero-order valence-corrected chi connectivity index (χ0v) is 14.3. The normalized spacial score (nSPS) is 10.4. The number of thiophene rings is 1. The van der Waals surface area contributed by atoms with E-state index in [-0.39, 0.29) is 17.6 Å². The van der Waals surface area contributed by atoms with Gasteiger partial charge in [-0.15, -0.1) is 11.3 Å². The van der Waals surface area contributed by atoms with Crippen LogP contribution in [-0.4, -0.2) is 11.8 Å². The third-order valence-corrected chi connectivity index (χ3v) is 4.73. The van der Waals surface area contributed by atoms with Gasteiger partial charge in [-0.2, -0.15) is 0 Å². The second-order valence-electron chi connectivity index (χ2n) is 4.68. The Hall–Kier alpha value is -2.28. The molecule has 0 aliphatic heterocycles. The average molecular weight is 381 g/mol. The smallest absolute Gasteiger partial charge is 0.291 e. The molecule has 122 valence electrons. The molecule has 2 aromatic heterocycles. The zero-order chi connectivity index (χ0) is 17.1. The van der Waals surface area contributed by atoms with Crippen LogP contribution in [0.1, 0.15) is 20.2 Å². The summed E-state index contributed by atoms with van der Waals surface area (Å²) in [7, 11) is 0. The standard InChI is InChI=1S/C16H10Cl2N2O3S/c17-10-4-3-9(8-11(10)18)19-16(22)13-5-6-14(24-13)20-15(21)12-2-1-7-23-12/h1-8H,(H,19,22)(H,20,21). The minimum absolute atomic E-state index is 0.199. The van der Waals surface area contributed by atoms with Crippen molar-refractivity contribution in [3.8, 4) is 0 Å². The molecule has 0 saturated heterocycles. The van der Waals surface area contributed by atoms with Gasteiger partial charge in [-0.05, 0) is 42.5 Å². The van der Waals surface area contributed by atoms with E-state index in [1.165, 1.54) is 6.26 Å². The summed E-state index contributed by atoms with van der Waals surface area (Å²) in [6, 6.07) is 11.3. The molecule has 0 aliphatic rings. The van der Waals surface area contributed by atoms with Crippen LogP contribution < -0.4 is 10.6 Å². The van der Waals surface area contributed by atoms with E-state index in [0.717, 1.165) is 11.3 Å². The van der Waals surface area contributed by atoms with Crippen LogP contribution >= 0.6 is 34.5 Å². The number of carbonyl (C=O) groups is 2. The lowest BCUT2D eigenvalue weighted by molar-refractivity contribution is 0.0995. The number of benzene rings is 1. The first-order valence-electron chi connectivity index (χ1n) is 6.74. The van der Waals surface area contributed by atoms with Gasteiger partial charge in [0.05, 0.1) is 26.2 Å². The molecule has 24 heavy (non-hydrogen) atoms. The highest BCUT2D eigenvalue weighted by Crippen LogP contribution is 2.27. The third-order valence-electron chi connectivity index (χ3n) is 2.99. The van der Waals surface area contributed by atoms with Gasteiger partial charge >= 0.3 is 0 Å². The Labute approximate surface area is 151 Å². The molecule has 0 radical (unpaired) electrons. The molecule has 3 rings (SSSR count). The minimum atomic E-state index is -0.377. The van der Waals surface area contributed by atoms with E-state index in [4.69, 9.17) is 27.6 Å². The van der Waals surface area contributed by atoms with Crippen LogP contribution in [0.2, 0.25) is 10.0 Å². The second kappa shape index (κ2) is 7.09. The quantitative estimate of drug-likeness (QED) is 0.656. The number of hydrogen-bond donors (Lipinski definition) is 2. The summed E-state index contributed by atoms with van der Waals surface area (Å²) in [6.45, 7) is 0. The summed E-state index contributed by atoms with van der Waals surface area (Å²) >= 11 is 12.9. The molecule has 0 atom stereocenters. The van der Waals surface area contributed by atoms with Crippen molar-refractivity contribution < 1.29 is 14.0 Å². The number of anilines is 2. The van der Waals surface area contributed by atoms with Gasteiger partial charge in [0.15, 0.2) is 5.76 Å². The number of hydrogen-bond acceptors (Lipinski definition) is 4. The highest BCUT2D eigenvalue weighted by Gasteiger charge is 2.14. The van der Waals surface area contributed by atoms with E-state index >= 15 is 0 Å². The molecule has 2 heterocycles. The van der Waals surface area contributed by atoms with Gasteiger partial charge in [-0.25, -0.2) is 0 Å². The van der Waals surface area contributed by atoms with Crippen LogP contribution in [0.15, 0.2) is 53.1 Å². The Balaban J connectivity index is 1.67. The Morgan fingerprint density at radius 3 is 2.50 bits per heavy atom. The van der Waals surface area contributed by atoms with Crippen LogP contribution in [0.4, 0.5) is 10.7 Å². The highest BCUT2D eigenvalue weighted by atomic mass is 35.5. The molecule has 8 heteroatoms. The third kappa shape index (κ3) is 3.79. The monoisotopic (exact) mass is 380 g/mol. The molecule has 0 saturated carbocycles. The van der Waals surface area contributed by atoms with Crippen LogP contribution in [0.25, 0.3) is 0 Å². The lowest BCUT2D eigenvalue weighted by Crippen LogP contribution is -2.10. The zero-order valence-electron chi connectivity index (χ0n) is 12.0. The summed E-state index contributed by atoms with van der Waals surface area (Å²) < 4.78 is 5.01. The van der Waals surface area contributed by atoms with E-state index < -0.39 is 0 Å². The molecule has 0 bridgehead atoms. The van der Waals surface area contributed by atoms with Crippen molar-refractivity contribution in [2.75, 3.05) is 10.6 Å². The average Bonchev–Trinajstić information content (AvgIpc) is 3.22. The van der Waals surface area contributed by atoms with Crippen molar-refractivity contribution in [1.29, 1.82) is 0 Å². The van der Waals surface area contributed by atoms with Crippen molar-refractivity contribution in [3.63, 3.8) is 0 Å². The summed E-state index contributed by atoms with van der Waals surface area (Å²) in [5.74, 6) is -0.486. The van der Waals surface area contributed by atoms with E-state index in [1.807, 2.05) is 0 Å². The van der Waals surface area contributed by atoms with Gasteiger partial charge in [0.25, 0.3) is 11.8 Å². The predicted molar refractivity (Wildman–Crippen MR) is 95.4 cm³/mol. The van der Waals surface area contributed by atoms with Gasteiger partial charge in [0, 0.05) is 5.69 Å². The lowest BCUT2D eigenvalue weighted by Gasteiger charge is -2.04. The number of amides is 2. The number of rotatable bonds is 4. The van der Waals surface area contributed by atoms with E-state index in [2.05, 4.69) is 10.6 Å². The minimum Gasteiger partial charge on any atom is -0.459 e. The molecule has 1 aromatic carbocycles. The van der Waals surface area contributed by atoms with Crippen LogP contribution in [0.5, 0.6) is 0 Å². The summed E-state index contributed by atoms with van der Waals surface area (Å²) in [4.78, 5) is 24.6. The molecule has 0 spiro atoms. The van der Waals surface area contributed by atoms with Crippen molar-refractivity contribution in [3.05, 3.63) is 69.4 Å². The highest BCUT2D eigenvalue weighted by molar-refractivity contribution is 7.18. The second-order valence-corrected chi connectivity index (χ2v) is 6.58. The van der Waals surface area contributed by atoms with Crippen molar-refractivity contribution in [1.82, 2.24) is 0 Å². The molecule has 0 aliphatic carbocycles. The fraction of sp³-hybridized carbons (Fsp3) is 0. The SMILES string of the molecule is O=C(Nc1ccc(C(=O)Nc2ccc(Cl)c(Cl)c2)s1)c1ccco1. The maximum atomic E-state index is 12.2. The van der Waals surface area contributed by atoms with Crippen LogP contribution in [0, 0.1) is 0 Å². The summed E-state index contributed by atoms with van der Waals surface area (Å²) in [5.41, 5.74) is 0.531.